The van der Waals surface area contributed by atoms with Gasteiger partial charge in [-0.05, 0) is 36.6 Å². The summed E-state index contributed by atoms with van der Waals surface area (Å²) in [5.74, 6) is 0. The van der Waals surface area contributed by atoms with Crippen molar-refractivity contribution in [1.29, 1.82) is 0 Å². The molecule has 0 saturated heterocycles. The molecule has 2 aromatic heterocycles. The van der Waals surface area contributed by atoms with Crippen LogP contribution in [-0.2, 0) is 6.42 Å². The van der Waals surface area contributed by atoms with Crippen LogP contribution in [0.25, 0.3) is 0 Å². The van der Waals surface area contributed by atoms with E-state index < -0.39 is 0 Å². The fourth-order valence-electron chi connectivity index (χ4n) is 1.06. The number of nitrogens with zero attached hydrogens (tertiary/aromatic N) is 2. The largest absolute Gasteiger partial charge is 0.264 e. The van der Waals surface area contributed by atoms with Crippen LogP contribution in [0.1, 0.15) is 18.1 Å². The van der Waals surface area contributed by atoms with Crippen LogP contribution in [0.5, 0.6) is 0 Å². The first-order valence-corrected chi connectivity index (χ1v) is 5.08. The first-order valence-electron chi connectivity index (χ1n) is 5.08. The normalized spacial score (nSPS) is 8.93. The highest BCUT2D eigenvalue weighted by Gasteiger charge is 1.81. The molecule has 0 atom stereocenters. The molecule has 0 aromatic carbocycles. The molecule has 0 saturated carbocycles. The van der Waals surface area contributed by atoms with Gasteiger partial charge in [-0.2, -0.15) is 0 Å². The Hall–Kier alpha value is -1.70. The Labute approximate surface area is 91.0 Å². The van der Waals surface area contributed by atoms with Crippen molar-refractivity contribution in [2.75, 3.05) is 0 Å². The van der Waals surface area contributed by atoms with Crippen LogP contribution in [0.4, 0.5) is 0 Å². The van der Waals surface area contributed by atoms with Crippen LogP contribution in [0.3, 0.4) is 0 Å². The van der Waals surface area contributed by atoms with E-state index in [1.54, 1.807) is 12.4 Å². The summed E-state index contributed by atoms with van der Waals surface area (Å²) in [5, 5.41) is 0. The van der Waals surface area contributed by atoms with Crippen LogP contribution < -0.4 is 0 Å². The van der Waals surface area contributed by atoms with Crippen molar-refractivity contribution < 1.29 is 0 Å². The maximum atomic E-state index is 3.96. The summed E-state index contributed by atoms with van der Waals surface area (Å²) in [7, 11) is 0. The third-order valence-electron chi connectivity index (χ3n) is 1.94. The minimum absolute atomic E-state index is 1.08. The Kier molecular flexibility index (Phi) is 5.09. The summed E-state index contributed by atoms with van der Waals surface area (Å²) in [5.41, 5.74) is 2.51. The van der Waals surface area contributed by atoms with Gasteiger partial charge in [0.25, 0.3) is 0 Å². The lowest BCUT2D eigenvalue weighted by Gasteiger charge is -1.88. The zero-order valence-corrected chi connectivity index (χ0v) is 9.22. The van der Waals surface area contributed by atoms with E-state index in [4.69, 9.17) is 0 Å². The van der Waals surface area contributed by atoms with Gasteiger partial charge in [-0.25, -0.2) is 0 Å². The first-order chi connectivity index (χ1) is 7.33. The fourth-order valence-corrected chi connectivity index (χ4v) is 1.06. The molecule has 15 heavy (non-hydrogen) atoms. The van der Waals surface area contributed by atoms with Crippen molar-refractivity contribution in [3.8, 4) is 0 Å². The molecular weight excluding hydrogens is 184 g/mol. The molecule has 0 amide bonds. The Balaban J connectivity index is 0.000000151. The standard InChI is InChI=1S/C7H9N.C6H7N/c1-2-7-4-3-5-8-6-7;1-6-3-2-4-7-5-6/h3-6H,2H2,1H3;2-5H,1H3. The molecule has 2 heterocycles. The number of aromatic nitrogens is 2. The highest BCUT2D eigenvalue weighted by Crippen LogP contribution is 1.93. The molecule has 0 radical (unpaired) electrons. The molecule has 0 fully saturated rings. The second kappa shape index (κ2) is 6.71. The van der Waals surface area contributed by atoms with Crippen molar-refractivity contribution in [2.24, 2.45) is 0 Å². The third kappa shape index (κ3) is 4.91. The van der Waals surface area contributed by atoms with Gasteiger partial charge in [-0.1, -0.05) is 19.1 Å². The van der Waals surface area contributed by atoms with Gasteiger partial charge < -0.3 is 0 Å². The minimum Gasteiger partial charge on any atom is -0.264 e. The summed E-state index contributed by atoms with van der Waals surface area (Å²) in [4.78, 5) is 7.84. The summed E-state index contributed by atoms with van der Waals surface area (Å²) in [6.07, 6.45) is 8.36. The first kappa shape index (κ1) is 11.4. The Bertz CT molecular complexity index is 357. The highest BCUT2D eigenvalue weighted by atomic mass is 14.6. The minimum atomic E-state index is 1.08. The van der Waals surface area contributed by atoms with Gasteiger partial charge in [0.1, 0.15) is 0 Å². The molecule has 78 valence electrons. The second-order valence-electron chi connectivity index (χ2n) is 3.25. The molecule has 0 spiro atoms. The number of hydrogen-bond donors (Lipinski definition) is 0. The van der Waals surface area contributed by atoms with Gasteiger partial charge in [0.15, 0.2) is 0 Å². The van der Waals surface area contributed by atoms with Gasteiger partial charge in [0.2, 0.25) is 0 Å². The SMILES string of the molecule is CCc1cccnc1.Cc1cccnc1. The lowest BCUT2D eigenvalue weighted by atomic mass is 10.2. The van der Waals surface area contributed by atoms with E-state index in [0.717, 1.165) is 6.42 Å². The Morgan fingerprint density at radius 1 is 1.00 bits per heavy atom. The summed E-state index contributed by atoms with van der Waals surface area (Å²) in [6.45, 7) is 4.14. The van der Waals surface area contributed by atoms with Crippen LogP contribution in [0.2, 0.25) is 0 Å². The maximum Gasteiger partial charge on any atom is 0.0299 e. The van der Waals surface area contributed by atoms with E-state index in [-0.39, 0.29) is 0 Å². The molecule has 2 heteroatoms. The third-order valence-corrected chi connectivity index (χ3v) is 1.94. The fraction of sp³-hybridized carbons (Fsp3) is 0.231. The van der Waals surface area contributed by atoms with Gasteiger partial charge in [0.05, 0.1) is 0 Å². The molecule has 0 N–H and O–H groups in total. The van der Waals surface area contributed by atoms with E-state index in [1.807, 2.05) is 37.5 Å². The van der Waals surface area contributed by atoms with E-state index in [9.17, 15) is 0 Å². The summed E-state index contributed by atoms with van der Waals surface area (Å²) < 4.78 is 0. The number of pyridine rings is 2. The summed E-state index contributed by atoms with van der Waals surface area (Å²) in [6, 6.07) is 7.98. The lowest BCUT2D eigenvalue weighted by Crippen LogP contribution is -1.77. The van der Waals surface area contributed by atoms with E-state index in [2.05, 4.69) is 23.0 Å². The predicted octanol–water partition coefficient (Wildman–Crippen LogP) is 3.03. The van der Waals surface area contributed by atoms with Crippen molar-refractivity contribution in [3.63, 3.8) is 0 Å². The Morgan fingerprint density at radius 3 is 1.93 bits per heavy atom. The molecule has 2 rings (SSSR count). The van der Waals surface area contributed by atoms with E-state index >= 15 is 0 Å². The molecule has 2 aromatic rings. The van der Waals surface area contributed by atoms with Crippen LogP contribution in [-0.4, -0.2) is 9.97 Å². The molecule has 0 aliphatic rings. The zero-order valence-electron chi connectivity index (χ0n) is 9.22. The monoisotopic (exact) mass is 200 g/mol. The van der Waals surface area contributed by atoms with E-state index in [1.165, 1.54) is 11.1 Å². The van der Waals surface area contributed by atoms with Crippen molar-refractivity contribution in [2.45, 2.75) is 20.3 Å². The predicted molar refractivity (Wildman–Crippen MR) is 62.6 cm³/mol. The van der Waals surface area contributed by atoms with Gasteiger partial charge >= 0.3 is 0 Å². The molecule has 0 bridgehead atoms. The van der Waals surface area contributed by atoms with Crippen LogP contribution >= 0.6 is 0 Å². The van der Waals surface area contributed by atoms with Gasteiger partial charge in [0, 0.05) is 24.8 Å². The molecule has 2 nitrogen and oxygen atoms in total. The topological polar surface area (TPSA) is 25.8 Å². The average Bonchev–Trinajstić information content (AvgIpc) is 2.32. The molecular formula is C13H16N2. The highest BCUT2D eigenvalue weighted by molar-refractivity contribution is 5.07. The second-order valence-corrected chi connectivity index (χ2v) is 3.25. The smallest absolute Gasteiger partial charge is 0.0299 e. The van der Waals surface area contributed by atoms with Gasteiger partial charge in [-0.15, -0.1) is 0 Å². The number of rotatable bonds is 1. The number of hydrogen-bond acceptors (Lipinski definition) is 2. The molecule has 0 unspecified atom stereocenters. The summed E-state index contributed by atoms with van der Waals surface area (Å²) >= 11 is 0. The van der Waals surface area contributed by atoms with Crippen LogP contribution in [0.15, 0.2) is 49.1 Å². The van der Waals surface area contributed by atoms with Gasteiger partial charge in [-0.3, -0.25) is 9.97 Å². The Morgan fingerprint density at radius 2 is 1.67 bits per heavy atom. The number of aryl methyl sites for hydroxylation is 2. The zero-order chi connectivity index (χ0) is 10.9. The molecule has 0 aliphatic carbocycles. The average molecular weight is 200 g/mol. The molecule has 0 aliphatic heterocycles. The van der Waals surface area contributed by atoms with Crippen molar-refractivity contribution in [3.05, 3.63) is 60.2 Å². The van der Waals surface area contributed by atoms with E-state index in [0.29, 0.717) is 0 Å². The van der Waals surface area contributed by atoms with Crippen molar-refractivity contribution in [1.82, 2.24) is 9.97 Å². The van der Waals surface area contributed by atoms with Crippen molar-refractivity contribution >= 4 is 0 Å². The van der Waals surface area contributed by atoms with Crippen LogP contribution in [0, 0.1) is 6.92 Å². The quantitative estimate of drug-likeness (QED) is 0.707. The lowest BCUT2D eigenvalue weighted by molar-refractivity contribution is 1.10. The maximum absolute atomic E-state index is 3.96.